The van der Waals surface area contributed by atoms with Crippen molar-refractivity contribution in [2.24, 2.45) is 5.73 Å². The number of hydrogen-bond acceptors (Lipinski definition) is 9. The summed E-state index contributed by atoms with van der Waals surface area (Å²) in [4.78, 5) is 19.6. The van der Waals surface area contributed by atoms with Crippen LogP contribution in [0.4, 0.5) is 19.1 Å². The topological polar surface area (TPSA) is 122 Å². The number of imidazole rings is 1. The number of unbranched alkanes of at least 4 members (excludes halogenated alkanes) is 1. The van der Waals surface area contributed by atoms with Crippen LogP contribution >= 0.6 is 0 Å². The Labute approximate surface area is 290 Å². The molecule has 1 aromatic heterocycles. The molecule has 2 heterocycles. The molecule has 272 valence electrons. The predicted molar refractivity (Wildman–Crippen MR) is 182 cm³/mol. The van der Waals surface area contributed by atoms with E-state index in [4.69, 9.17) is 24.7 Å². The number of nitrogens with two attached hydrogens (primary N) is 1. The lowest BCUT2D eigenvalue weighted by atomic mass is 9.81. The number of carbonyl (C=O) groups is 1. The molecule has 2 aromatic carbocycles. The van der Waals surface area contributed by atoms with Crippen molar-refractivity contribution in [3.63, 3.8) is 0 Å². The van der Waals surface area contributed by atoms with E-state index < -0.39 is 30.7 Å². The number of carbonyl (C=O) groups excluding carboxylic acids is 1. The number of likely N-dealkylation sites (tertiary alicyclic amines) is 1. The second kappa shape index (κ2) is 16.3. The van der Waals surface area contributed by atoms with Crippen LogP contribution < -0.4 is 15.8 Å². The lowest BCUT2D eigenvalue weighted by Crippen LogP contribution is -2.64. The zero-order valence-electron chi connectivity index (χ0n) is 28.9. The number of aryl methyl sites for hydroxylation is 1. The third-order valence-electron chi connectivity index (χ3n) is 9.53. The highest BCUT2D eigenvalue weighted by Gasteiger charge is 2.54. The first-order valence-electron chi connectivity index (χ1n) is 16.7. The number of nitrogens with zero attached hydrogens (tertiary/aromatic N) is 3. The fraction of sp³-hybridized carbons (Fsp3) is 0.500. The van der Waals surface area contributed by atoms with E-state index in [0.717, 1.165) is 30.6 Å². The number of fused-ring (bicyclic) bond motifs is 1. The van der Waals surface area contributed by atoms with E-state index in [2.05, 4.69) is 19.9 Å². The van der Waals surface area contributed by atoms with Gasteiger partial charge in [0.25, 0.3) is 0 Å². The standard InChI is InChI=1S/C36H46F3N5O6/c1-46-26-15-13-24(14-16-26)9-5-6-10-27-28(33(40)45)23-31(47-2)35(49-4,32(27)48-3)43-19-17-25(18-20-43)41-34-42-29-11-7-8-12-30(29)44(34)21-22-50-36(37,38)39/h7-8,11-16,23,25,32H,5-6,9-10,17-22H2,1-4H3,(H2,40,45)(H,41,42). The summed E-state index contributed by atoms with van der Waals surface area (Å²) < 4.78 is 67.7. The van der Waals surface area contributed by atoms with Gasteiger partial charge in [-0.1, -0.05) is 24.3 Å². The molecule has 2 aliphatic rings. The summed E-state index contributed by atoms with van der Waals surface area (Å²) in [7, 11) is 6.37. The number of benzene rings is 2. The van der Waals surface area contributed by atoms with Gasteiger partial charge in [0.1, 0.15) is 17.6 Å². The molecule has 1 saturated heterocycles. The molecule has 14 heteroatoms. The monoisotopic (exact) mass is 701 g/mol. The summed E-state index contributed by atoms with van der Waals surface area (Å²) >= 11 is 0. The van der Waals surface area contributed by atoms with E-state index in [1.54, 1.807) is 32.0 Å². The minimum Gasteiger partial charge on any atom is -0.497 e. The number of methoxy groups -OCH3 is 4. The van der Waals surface area contributed by atoms with Gasteiger partial charge in [-0.15, -0.1) is 13.2 Å². The van der Waals surface area contributed by atoms with Crippen LogP contribution in [0.15, 0.2) is 71.5 Å². The summed E-state index contributed by atoms with van der Waals surface area (Å²) in [6.07, 6.45) is 0.686. The number of halogens is 3. The zero-order chi connectivity index (χ0) is 35.9. The molecule has 1 aliphatic carbocycles. The van der Waals surface area contributed by atoms with E-state index in [1.807, 2.05) is 48.5 Å². The molecule has 0 saturated carbocycles. The number of alkyl halides is 3. The van der Waals surface area contributed by atoms with Gasteiger partial charge in [-0.25, -0.2) is 4.98 Å². The van der Waals surface area contributed by atoms with Gasteiger partial charge >= 0.3 is 6.36 Å². The summed E-state index contributed by atoms with van der Waals surface area (Å²) in [5.41, 5.74) is 8.43. The number of primary amides is 1. The Hall–Kier alpha value is -4.11. The molecule has 2 unspecified atom stereocenters. The average Bonchev–Trinajstić information content (AvgIpc) is 3.45. The van der Waals surface area contributed by atoms with E-state index >= 15 is 0 Å². The first-order valence-corrected chi connectivity index (χ1v) is 16.7. The number of nitrogens with one attached hydrogen (secondary N) is 1. The van der Waals surface area contributed by atoms with Gasteiger partial charge in [0.15, 0.2) is 0 Å². The van der Waals surface area contributed by atoms with Gasteiger partial charge in [-0.2, -0.15) is 0 Å². The third kappa shape index (κ3) is 8.09. The van der Waals surface area contributed by atoms with Crippen molar-refractivity contribution >= 4 is 22.9 Å². The lowest BCUT2D eigenvalue weighted by molar-refractivity contribution is -0.325. The maximum absolute atomic E-state index is 12.8. The Morgan fingerprint density at radius 3 is 2.32 bits per heavy atom. The lowest BCUT2D eigenvalue weighted by Gasteiger charge is -2.51. The average molecular weight is 702 g/mol. The number of para-hydroxylation sites is 2. The molecule has 11 nitrogen and oxygen atoms in total. The molecule has 50 heavy (non-hydrogen) atoms. The minimum absolute atomic E-state index is 0.0249. The van der Waals surface area contributed by atoms with Crippen molar-refractivity contribution in [1.29, 1.82) is 0 Å². The fourth-order valence-corrected chi connectivity index (χ4v) is 7.13. The molecule has 2 atom stereocenters. The van der Waals surface area contributed by atoms with Crippen LogP contribution in [0.5, 0.6) is 5.75 Å². The van der Waals surface area contributed by atoms with E-state index in [9.17, 15) is 18.0 Å². The Morgan fingerprint density at radius 2 is 1.70 bits per heavy atom. The predicted octanol–water partition coefficient (Wildman–Crippen LogP) is 5.55. The van der Waals surface area contributed by atoms with Gasteiger partial charge < -0.3 is 34.6 Å². The number of piperidine rings is 1. The molecule has 1 amide bonds. The van der Waals surface area contributed by atoms with Crippen molar-refractivity contribution in [2.45, 2.75) is 69.3 Å². The quantitative estimate of drug-likeness (QED) is 0.185. The van der Waals surface area contributed by atoms with Crippen LogP contribution in [0.3, 0.4) is 0 Å². The van der Waals surface area contributed by atoms with Crippen molar-refractivity contribution in [3.8, 4) is 5.75 Å². The second-order valence-corrected chi connectivity index (χ2v) is 12.4. The summed E-state index contributed by atoms with van der Waals surface area (Å²) in [5.74, 6) is 1.14. The number of rotatable bonds is 16. The van der Waals surface area contributed by atoms with Crippen molar-refractivity contribution in [2.75, 3.05) is 53.5 Å². The van der Waals surface area contributed by atoms with Gasteiger partial charge in [-0.05, 0) is 80.0 Å². The molecule has 3 aromatic rings. The van der Waals surface area contributed by atoms with Gasteiger partial charge in [0.05, 0.1) is 31.9 Å². The van der Waals surface area contributed by atoms with Crippen LogP contribution in [0.25, 0.3) is 11.0 Å². The molecule has 1 fully saturated rings. The van der Waals surface area contributed by atoms with E-state index in [0.29, 0.717) is 60.7 Å². The van der Waals surface area contributed by atoms with Gasteiger partial charge in [0.2, 0.25) is 17.6 Å². The molecule has 0 bridgehead atoms. The Morgan fingerprint density at radius 1 is 1.00 bits per heavy atom. The number of ether oxygens (including phenoxy) is 5. The van der Waals surface area contributed by atoms with E-state index in [-0.39, 0.29) is 12.6 Å². The number of amides is 1. The minimum atomic E-state index is -4.71. The second-order valence-electron chi connectivity index (χ2n) is 12.4. The maximum atomic E-state index is 12.8. The molecular formula is C36H46F3N5O6. The molecule has 5 rings (SSSR count). The Balaban J connectivity index is 1.31. The van der Waals surface area contributed by atoms with Crippen LogP contribution in [-0.2, 0) is 36.7 Å². The smallest absolute Gasteiger partial charge is 0.497 e. The molecule has 1 aliphatic heterocycles. The molecule has 0 spiro atoms. The summed E-state index contributed by atoms with van der Waals surface area (Å²) in [6, 6.07) is 15.2. The normalized spacial score (nSPS) is 20.6. The zero-order valence-corrected chi connectivity index (χ0v) is 28.9. The third-order valence-corrected chi connectivity index (χ3v) is 9.53. The highest BCUT2D eigenvalue weighted by molar-refractivity contribution is 5.96. The first kappa shape index (κ1) is 37.2. The maximum Gasteiger partial charge on any atom is 0.522 e. The highest BCUT2D eigenvalue weighted by atomic mass is 19.4. The number of anilines is 1. The highest BCUT2D eigenvalue weighted by Crippen LogP contribution is 2.43. The van der Waals surface area contributed by atoms with Gasteiger partial charge in [0, 0.05) is 45.5 Å². The Kier molecular flexibility index (Phi) is 12.1. The SMILES string of the molecule is COC1=CC(C(N)=O)=C(CCCCc2ccc(OC)cc2)C(OC)C1(OC)N1CCC(Nc2nc3ccccc3n2CCOC(F)(F)F)CC1. The first-order chi connectivity index (χ1) is 24.0. The van der Waals surface area contributed by atoms with Crippen LogP contribution in [0.1, 0.15) is 37.7 Å². The summed E-state index contributed by atoms with van der Waals surface area (Å²) in [5, 5.41) is 3.47. The largest absolute Gasteiger partial charge is 0.522 e. The van der Waals surface area contributed by atoms with Crippen LogP contribution in [0.2, 0.25) is 0 Å². The van der Waals surface area contributed by atoms with Gasteiger partial charge in [-0.3, -0.25) is 14.4 Å². The fourth-order valence-electron chi connectivity index (χ4n) is 7.13. The number of aromatic nitrogens is 2. The summed E-state index contributed by atoms with van der Waals surface area (Å²) in [6.45, 7) is 0.547. The van der Waals surface area contributed by atoms with Crippen LogP contribution in [-0.4, -0.2) is 92.7 Å². The molecule has 3 N–H and O–H groups in total. The number of hydrogen-bond donors (Lipinski definition) is 2. The van der Waals surface area contributed by atoms with Crippen LogP contribution in [0, 0.1) is 0 Å². The van der Waals surface area contributed by atoms with Crippen molar-refractivity contribution < 1.29 is 41.7 Å². The van der Waals surface area contributed by atoms with Crippen molar-refractivity contribution in [3.05, 3.63) is 77.1 Å². The van der Waals surface area contributed by atoms with E-state index in [1.165, 1.54) is 12.7 Å². The Bertz CT molecular complexity index is 1670. The molecule has 0 radical (unpaired) electrons. The van der Waals surface area contributed by atoms with Crippen molar-refractivity contribution in [1.82, 2.24) is 14.5 Å². The molecular weight excluding hydrogens is 655 g/mol.